The molecule has 2 fully saturated rings. The van der Waals surface area contributed by atoms with Crippen molar-refractivity contribution in [2.75, 3.05) is 39.3 Å². The zero-order valence-electron chi connectivity index (χ0n) is 18.3. The zero-order valence-corrected chi connectivity index (χ0v) is 20.7. The molecule has 0 aromatic carbocycles. The van der Waals surface area contributed by atoms with Gasteiger partial charge in [-0.3, -0.25) is 9.89 Å². The van der Waals surface area contributed by atoms with Crippen LogP contribution in [-0.2, 0) is 0 Å². The molecule has 2 saturated heterocycles. The van der Waals surface area contributed by atoms with Crippen molar-refractivity contribution in [1.82, 2.24) is 20.4 Å². The fraction of sp³-hybridized carbons (Fsp3) is 0.952. The number of halogens is 1. The highest BCUT2D eigenvalue weighted by molar-refractivity contribution is 14.0. The van der Waals surface area contributed by atoms with Crippen molar-refractivity contribution >= 4 is 29.9 Å². The van der Waals surface area contributed by atoms with Gasteiger partial charge in [0, 0.05) is 44.3 Å². The summed E-state index contributed by atoms with van der Waals surface area (Å²) in [6.07, 6.45) is 6.60. The first kappa shape index (κ1) is 25.0. The van der Waals surface area contributed by atoms with E-state index in [1.807, 2.05) is 0 Å². The van der Waals surface area contributed by atoms with E-state index in [0.29, 0.717) is 18.0 Å². The largest absolute Gasteiger partial charge is 0.357 e. The smallest absolute Gasteiger partial charge is 0.191 e. The van der Waals surface area contributed by atoms with E-state index in [-0.39, 0.29) is 24.0 Å². The second-order valence-electron chi connectivity index (χ2n) is 8.62. The lowest BCUT2D eigenvalue weighted by Gasteiger charge is -2.33. The van der Waals surface area contributed by atoms with Gasteiger partial charge in [-0.05, 0) is 72.4 Å². The molecule has 3 atom stereocenters. The second kappa shape index (κ2) is 13.2. The van der Waals surface area contributed by atoms with E-state index in [0.717, 1.165) is 31.6 Å². The summed E-state index contributed by atoms with van der Waals surface area (Å²) in [6.45, 7) is 18.1. The summed E-state index contributed by atoms with van der Waals surface area (Å²) in [5, 5.41) is 7.12. The quantitative estimate of drug-likeness (QED) is 0.235. The minimum atomic E-state index is 0. The van der Waals surface area contributed by atoms with Crippen LogP contribution in [0.25, 0.3) is 0 Å². The lowest BCUT2D eigenvalue weighted by Crippen LogP contribution is -2.46. The van der Waals surface area contributed by atoms with Gasteiger partial charge in [0.25, 0.3) is 0 Å². The molecule has 6 heteroatoms. The molecule has 2 aliphatic rings. The van der Waals surface area contributed by atoms with Gasteiger partial charge >= 0.3 is 0 Å². The number of rotatable bonds is 8. The minimum absolute atomic E-state index is 0. The van der Waals surface area contributed by atoms with Crippen molar-refractivity contribution in [3.05, 3.63) is 0 Å². The van der Waals surface area contributed by atoms with E-state index in [9.17, 15) is 0 Å². The van der Waals surface area contributed by atoms with Crippen molar-refractivity contribution in [2.45, 2.75) is 84.8 Å². The highest BCUT2D eigenvalue weighted by Crippen LogP contribution is 2.19. The Labute approximate surface area is 185 Å². The fourth-order valence-electron chi connectivity index (χ4n) is 4.22. The van der Waals surface area contributed by atoms with Crippen LogP contribution in [0.2, 0.25) is 0 Å². The van der Waals surface area contributed by atoms with Crippen molar-refractivity contribution in [2.24, 2.45) is 10.9 Å². The lowest BCUT2D eigenvalue weighted by molar-refractivity contribution is 0.158. The van der Waals surface area contributed by atoms with Crippen LogP contribution in [0.1, 0.15) is 66.7 Å². The third-order valence-corrected chi connectivity index (χ3v) is 6.10. The van der Waals surface area contributed by atoms with Crippen LogP contribution in [0.4, 0.5) is 0 Å². The maximum atomic E-state index is 4.84. The molecule has 0 amide bonds. The van der Waals surface area contributed by atoms with Gasteiger partial charge in [0.05, 0.1) is 0 Å². The Morgan fingerprint density at radius 2 is 1.93 bits per heavy atom. The first-order chi connectivity index (χ1) is 12.5. The zero-order chi connectivity index (χ0) is 18.9. The molecule has 0 aromatic rings. The molecule has 5 nitrogen and oxygen atoms in total. The number of likely N-dealkylation sites (tertiary alicyclic amines) is 2. The van der Waals surface area contributed by atoms with Crippen LogP contribution >= 0.6 is 24.0 Å². The standard InChI is InChI=1S/C21H43N5.HI/c1-6-22-21(24-20-16-26(17(2)3)15-18(20)4)23-12-8-10-14-25-13-9-7-11-19(25)5;/h17-20H,6-16H2,1-5H3,(H2,22,23,24);1H. The summed E-state index contributed by atoms with van der Waals surface area (Å²) in [4.78, 5) is 10.1. The SMILES string of the molecule is CCNC(=NCCCCN1CCCCC1C)NC1CN(C(C)C)CC1C.I. The highest BCUT2D eigenvalue weighted by Gasteiger charge is 2.31. The minimum Gasteiger partial charge on any atom is -0.357 e. The molecule has 3 unspecified atom stereocenters. The first-order valence-electron chi connectivity index (χ1n) is 11.0. The number of hydrogen-bond acceptors (Lipinski definition) is 3. The van der Waals surface area contributed by atoms with Crippen LogP contribution in [0.15, 0.2) is 4.99 Å². The van der Waals surface area contributed by atoms with Crippen LogP contribution < -0.4 is 10.6 Å². The fourth-order valence-corrected chi connectivity index (χ4v) is 4.22. The summed E-state index contributed by atoms with van der Waals surface area (Å²) < 4.78 is 0. The normalized spacial score (nSPS) is 27.6. The van der Waals surface area contributed by atoms with Crippen LogP contribution in [0, 0.1) is 5.92 Å². The van der Waals surface area contributed by atoms with E-state index in [4.69, 9.17) is 4.99 Å². The summed E-state index contributed by atoms with van der Waals surface area (Å²) in [7, 11) is 0. The van der Waals surface area contributed by atoms with Crippen LogP contribution in [-0.4, -0.2) is 73.2 Å². The van der Waals surface area contributed by atoms with E-state index >= 15 is 0 Å². The number of unbranched alkanes of at least 4 members (excludes halogenated alkanes) is 1. The van der Waals surface area contributed by atoms with Crippen molar-refractivity contribution in [3.8, 4) is 0 Å². The Hall–Kier alpha value is -0.0800. The Morgan fingerprint density at radius 3 is 2.56 bits per heavy atom. The number of guanidine groups is 1. The number of nitrogens with one attached hydrogen (secondary N) is 2. The molecule has 160 valence electrons. The van der Waals surface area contributed by atoms with Gasteiger partial charge < -0.3 is 15.5 Å². The molecular formula is C21H44IN5. The Balaban J connectivity index is 0.00000364. The third-order valence-electron chi connectivity index (χ3n) is 6.10. The monoisotopic (exact) mass is 493 g/mol. The topological polar surface area (TPSA) is 42.9 Å². The molecule has 2 aliphatic heterocycles. The van der Waals surface area contributed by atoms with Crippen molar-refractivity contribution < 1.29 is 0 Å². The molecule has 0 bridgehead atoms. The van der Waals surface area contributed by atoms with Gasteiger partial charge in [-0.25, -0.2) is 0 Å². The average Bonchev–Trinajstić information content (AvgIpc) is 2.97. The van der Waals surface area contributed by atoms with E-state index in [1.54, 1.807) is 0 Å². The number of hydrogen-bond donors (Lipinski definition) is 2. The van der Waals surface area contributed by atoms with E-state index in [2.05, 4.69) is 55.1 Å². The second-order valence-corrected chi connectivity index (χ2v) is 8.62. The lowest BCUT2D eigenvalue weighted by atomic mass is 10.0. The Morgan fingerprint density at radius 1 is 1.15 bits per heavy atom. The van der Waals surface area contributed by atoms with E-state index < -0.39 is 0 Å². The number of nitrogens with zero attached hydrogens (tertiary/aromatic N) is 3. The molecular weight excluding hydrogens is 449 g/mol. The Bertz CT molecular complexity index is 429. The number of aliphatic imine (C=N–C) groups is 1. The highest BCUT2D eigenvalue weighted by atomic mass is 127. The molecule has 0 aromatic heterocycles. The van der Waals surface area contributed by atoms with Gasteiger partial charge in [0.2, 0.25) is 0 Å². The number of piperidine rings is 1. The molecule has 27 heavy (non-hydrogen) atoms. The van der Waals surface area contributed by atoms with Gasteiger partial charge in [0.1, 0.15) is 0 Å². The third kappa shape index (κ3) is 8.44. The van der Waals surface area contributed by atoms with Crippen molar-refractivity contribution in [1.29, 1.82) is 0 Å². The Kier molecular flexibility index (Phi) is 12.2. The summed E-state index contributed by atoms with van der Waals surface area (Å²) in [6, 6.07) is 1.91. The van der Waals surface area contributed by atoms with Crippen molar-refractivity contribution in [3.63, 3.8) is 0 Å². The van der Waals surface area contributed by atoms with Gasteiger partial charge in [-0.15, -0.1) is 24.0 Å². The van der Waals surface area contributed by atoms with Gasteiger partial charge in [-0.2, -0.15) is 0 Å². The summed E-state index contributed by atoms with van der Waals surface area (Å²) in [5.41, 5.74) is 0. The average molecular weight is 494 g/mol. The molecule has 0 radical (unpaired) electrons. The van der Waals surface area contributed by atoms with E-state index in [1.165, 1.54) is 51.7 Å². The molecule has 2 rings (SSSR count). The molecule has 2 heterocycles. The first-order valence-corrected chi connectivity index (χ1v) is 11.0. The maximum absolute atomic E-state index is 4.84. The molecule has 0 spiro atoms. The molecule has 0 aliphatic carbocycles. The van der Waals surface area contributed by atoms with Crippen LogP contribution in [0.5, 0.6) is 0 Å². The van der Waals surface area contributed by atoms with Gasteiger partial charge in [-0.1, -0.05) is 13.3 Å². The van der Waals surface area contributed by atoms with Gasteiger partial charge in [0.15, 0.2) is 5.96 Å². The summed E-state index contributed by atoms with van der Waals surface area (Å²) >= 11 is 0. The molecule has 2 N–H and O–H groups in total. The predicted molar refractivity (Wildman–Crippen MR) is 128 cm³/mol. The summed E-state index contributed by atoms with van der Waals surface area (Å²) in [5.74, 6) is 1.67. The predicted octanol–water partition coefficient (Wildman–Crippen LogP) is 3.54. The molecule has 0 saturated carbocycles. The van der Waals surface area contributed by atoms with Crippen LogP contribution in [0.3, 0.4) is 0 Å². The maximum Gasteiger partial charge on any atom is 0.191 e.